The highest BCUT2D eigenvalue weighted by atomic mass is 35.5. The minimum Gasteiger partial charge on any atom is -0.506 e. The molecule has 0 aliphatic carbocycles. The third-order valence-corrected chi connectivity index (χ3v) is 3.39. The van der Waals surface area contributed by atoms with E-state index in [-0.39, 0.29) is 18.2 Å². The summed E-state index contributed by atoms with van der Waals surface area (Å²) < 4.78 is 4.60. The third kappa shape index (κ3) is 6.08. The van der Waals surface area contributed by atoms with Crippen molar-refractivity contribution >= 4 is 47.3 Å². The molecule has 0 aromatic heterocycles. The second-order valence-corrected chi connectivity index (χ2v) is 5.28. The standard InChI is InChI=1S/C14H20Cl2N2O3.ClH/c1-21-14(20)11(17)8-10-2-3-13(19)12(9-10)18(6-4-15)7-5-16;/h2-3,9,11,19H,4-8,17H2,1H3;1H. The monoisotopic (exact) mass is 370 g/mol. The lowest BCUT2D eigenvalue weighted by Gasteiger charge is -2.24. The number of aromatic hydroxyl groups is 1. The van der Waals surface area contributed by atoms with Crippen LogP contribution < -0.4 is 10.6 Å². The first-order chi connectivity index (χ1) is 10.0. The van der Waals surface area contributed by atoms with Crippen LogP contribution in [0.5, 0.6) is 5.75 Å². The fourth-order valence-electron chi connectivity index (χ4n) is 1.99. The fourth-order valence-corrected chi connectivity index (χ4v) is 2.40. The summed E-state index contributed by atoms with van der Waals surface area (Å²) in [5, 5.41) is 10.00. The van der Waals surface area contributed by atoms with E-state index in [0.717, 1.165) is 5.56 Å². The molecule has 0 fully saturated rings. The van der Waals surface area contributed by atoms with Gasteiger partial charge in [0.05, 0.1) is 12.8 Å². The first-order valence-electron chi connectivity index (χ1n) is 6.55. The highest BCUT2D eigenvalue weighted by molar-refractivity contribution is 6.18. The first-order valence-corrected chi connectivity index (χ1v) is 7.62. The van der Waals surface area contributed by atoms with Gasteiger partial charge >= 0.3 is 5.97 Å². The number of carbonyl (C=O) groups excluding carboxylic acids is 1. The predicted octanol–water partition coefficient (Wildman–Crippen LogP) is 2.14. The lowest BCUT2D eigenvalue weighted by molar-refractivity contribution is -0.142. The molecule has 1 aromatic rings. The van der Waals surface area contributed by atoms with Crippen LogP contribution in [0.2, 0.25) is 0 Å². The molecule has 0 aliphatic rings. The van der Waals surface area contributed by atoms with Crippen LogP contribution in [0.25, 0.3) is 0 Å². The topological polar surface area (TPSA) is 75.8 Å². The van der Waals surface area contributed by atoms with Crippen LogP contribution in [0.15, 0.2) is 18.2 Å². The number of rotatable bonds is 8. The molecule has 0 aliphatic heterocycles. The summed E-state index contributed by atoms with van der Waals surface area (Å²) in [6, 6.07) is 4.35. The summed E-state index contributed by atoms with van der Waals surface area (Å²) in [7, 11) is 1.30. The van der Waals surface area contributed by atoms with E-state index < -0.39 is 12.0 Å². The van der Waals surface area contributed by atoms with Gasteiger partial charge in [-0.05, 0) is 24.1 Å². The molecule has 8 heteroatoms. The van der Waals surface area contributed by atoms with Crippen molar-refractivity contribution in [2.45, 2.75) is 12.5 Å². The molecule has 0 amide bonds. The van der Waals surface area contributed by atoms with Gasteiger partial charge in [0.25, 0.3) is 0 Å². The molecule has 0 radical (unpaired) electrons. The molecule has 1 aromatic carbocycles. The zero-order valence-electron chi connectivity index (χ0n) is 12.3. The molecule has 1 rings (SSSR count). The molecular weight excluding hydrogens is 351 g/mol. The Balaban J connectivity index is 0.00000441. The Morgan fingerprint density at radius 3 is 2.45 bits per heavy atom. The maximum atomic E-state index is 11.4. The number of nitrogens with two attached hydrogens (primary N) is 1. The van der Waals surface area contributed by atoms with Gasteiger partial charge in [-0.3, -0.25) is 4.79 Å². The van der Waals surface area contributed by atoms with Crippen LogP contribution in [0, 0.1) is 0 Å². The Hall–Kier alpha value is -0.880. The molecule has 126 valence electrons. The maximum absolute atomic E-state index is 11.4. The number of benzene rings is 1. The molecule has 0 spiro atoms. The van der Waals surface area contributed by atoms with Crippen LogP contribution >= 0.6 is 35.6 Å². The van der Waals surface area contributed by atoms with Crippen molar-refractivity contribution in [2.24, 2.45) is 5.73 Å². The number of methoxy groups -OCH3 is 1. The maximum Gasteiger partial charge on any atom is 0.322 e. The van der Waals surface area contributed by atoms with Crippen molar-refractivity contribution in [1.82, 2.24) is 0 Å². The molecule has 0 saturated heterocycles. The second kappa shape index (κ2) is 10.8. The highest BCUT2D eigenvalue weighted by Gasteiger charge is 2.16. The minimum absolute atomic E-state index is 0. The summed E-state index contributed by atoms with van der Waals surface area (Å²) in [5.41, 5.74) is 7.21. The molecule has 1 unspecified atom stereocenters. The summed E-state index contributed by atoms with van der Waals surface area (Å²) in [6.45, 7) is 1.13. The molecular formula is C14H21Cl3N2O3. The third-order valence-electron chi connectivity index (χ3n) is 3.05. The van der Waals surface area contributed by atoms with Crippen molar-refractivity contribution in [2.75, 3.05) is 36.9 Å². The van der Waals surface area contributed by atoms with Crippen molar-refractivity contribution in [3.05, 3.63) is 23.8 Å². The Labute approximate surface area is 146 Å². The van der Waals surface area contributed by atoms with E-state index in [4.69, 9.17) is 28.9 Å². The molecule has 3 N–H and O–H groups in total. The van der Waals surface area contributed by atoms with Gasteiger partial charge < -0.3 is 20.5 Å². The Morgan fingerprint density at radius 2 is 1.95 bits per heavy atom. The van der Waals surface area contributed by atoms with Crippen LogP contribution in [0.4, 0.5) is 5.69 Å². The van der Waals surface area contributed by atoms with Crippen molar-refractivity contribution in [3.8, 4) is 5.75 Å². The Morgan fingerprint density at radius 1 is 1.36 bits per heavy atom. The predicted molar refractivity (Wildman–Crippen MR) is 92.7 cm³/mol. The normalized spacial score (nSPS) is 11.5. The van der Waals surface area contributed by atoms with Gasteiger partial charge in [-0.15, -0.1) is 35.6 Å². The number of hydrogen-bond acceptors (Lipinski definition) is 5. The van der Waals surface area contributed by atoms with Crippen LogP contribution in [0.1, 0.15) is 5.56 Å². The second-order valence-electron chi connectivity index (χ2n) is 4.52. The number of halogens is 3. The van der Waals surface area contributed by atoms with Crippen LogP contribution in [-0.4, -0.2) is 49.1 Å². The zero-order valence-corrected chi connectivity index (χ0v) is 14.6. The average molecular weight is 372 g/mol. The van der Waals surface area contributed by atoms with Crippen LogP contribution in [0.3, 0.4) is 0 Å². The molecule has 5 nitrogen and oxygen atoms in total. The number of phenols is 1. The summed E-state index contributed by atoms with van der Waals surface area (Å²) >= 11 is 11.5. The molecule has 0 heterocycles. The van der Waals surface area contributed by atoms with Gasteiger partial charge in [-0.1, -0.05) is 6.07 Å². The number of alkyl halides is 2. The number of esters is 1. The van der Waals surface area contributed by atoms with E-state index in [9.17, 15) is 9.90 Å². The smallest absolute Gasteiger partial charge is 0.322 e. The van der Waals surface area contributed by atoms with Crippen LogP contribution in [-0.2, 0) is 16.0 Å². The molecule has 0 saturated carbocycles. The largest absolute Gasteiger partial charge is 0.506 e. The van der Waals surface area contributed by atoms with Crippen molar-refractivity contribution in [1.29, 1.82) is 0 Å². The summed E-state index contributed by atoms with van der Waals surface area (Å²) in [5.74, 6) is 0.508. The van der Waals surface area contributed by atoms with E-state index in [1.807, 2.05) is 4.90 Å². The van der Waals surface area contributed by atoms with Gasteiger partial charge in [0.1, 0.15) is 11.8 Å². The van der Waals surface area contributed by atoms with Gasteiger partial charge in [-0.25, -0.2) is 0 Å². The average Bonchev–Trinajstić information content (AvgIpc) is 2.48. The van der Waals surface area contributed by atoms with Gasteiger partial charge in [0, 0.05) is 24.8 Å². The van der Waals surface area contributed by atoms with E-state index >= 15 is 0 Å². The van der Waals surface area contributed by atoms with Crippen molar-refractivity contribution < 1.29 is 14.6 Å². The Kier molecular flexibility index (Phi) is 10.3. The summed E-state index contributed by atoms with van der Waals surface area (Å²) in [4.78, 5) is 13.3. The fraction of sp³-hybridized carbons (Fsp3) is 0.500. The number of ether oxygens (including phenoxy) is 1. The highest BCUT2D eigenvalue weighted by Crippen LogP contribution is 2.28. The van der Waals surface area contributed by atoms with Gasteiger partial charge in [-0.2, -0.15) is 0 Å². The number of anilines is 1. The molecule has 22 heavy (non-hydrogen) atoms. The minimum atomic E-state index is -0.734. The Bertz CT molecular complexity index is 469. The van der Waals surface area contributed by atoms with E-state index in [2.05, 4.69) is 4.74 Å². The first kappa shape index (κ1) is 21.1. The van der Waals surface area contributed by atoms with E-state index in [1.165, 1.54) is 7.11 Å². The number of hydrogen-bond donors (Lipinski definition) is 2. The van der Waals surface area contributed by atoms with Crippen molar-refractivity contribution in [3.63, 3.8) is 0 Å². The van der Waals surface area contributed by atoms with E-state index in [1.54, 1.807) is 18.2 Å². The lowest BCUT2D eigenvalue weighted by atomic mass is 10.0. The molecule has 0 bridgehead atoms. The lowest BCUT2D eigenvalue weighted by Crippen LogP contribution is -2.33. The SMILES string of the molecule is COC(=O)C(N)Cc1ccc(O)c(N(CCCl)CCCl)c1.Cl. The zero-order chi connectivity index (χ0) is 15.8. The van der Waals surface area contributed by atoms with E-state index in [0.29, 0.717) is 37.0 Å². The van der Waals surface area contributed by atoms with Gasteiger partial charge in [0.2, 0.25) is 0 Å². The number of phenolic OH excluding ortho intramolecular Hbond substituents is 1. The molecule has 1 atom stereocenters. The number of nitrogens with zero attached hydrogens (tertiary/aromatic N) is 1. The quantitative estimate of drug-likeness (QED) is 0.541. The number of carbonyl (C=O) groups is 1. The summed E-state index contributed by atoms with van der Waals surface area (Å²) in [6.07, 6.45) is 0.329. The van der Waals surface area contributed by atoms with Gasteiger partial charge in [0.15, 0.2) is 0 Å².